The molecule has 1 aliphatic heterocycles. The molecule has 4 rings (SSSR count). The van der Waals surface area contributed by atoms with Gasteiger partial charge in [0.05, 0.1) is 0 Å². The number of aliphatic hydroxyl groups is 1. The predicted molar refractivity (Wildman–Crippen MR) is 133 cm³/mol. The average Bonchev–Trinajstić information content (AvgIpc) is 2.88. The Morgan fingerprint density at radius 1 is 0.971 bits per heavy atom. The molecule has 0 saturated heterocycles. The third-order valence-corrected chi connectivity index (χ3v) is 5.37. The van der Waals surface area contributed by atoms with Gasteiger partial charge in [-0.25, -0.2) is 0 Å². The minimum atomic E-state index is -0.417. The average molecular weight is 635 g/mol. The molecule has 1 aromatic heterocycles. The number of benzene rings is 2. The van der Waals surface area contributed by atoms with Crippen molar-refractivity contribution in [1.82, 2.24) is 4.98 Å². The van der Waals surface area contributed by atoms with E-state index in [0.29, 0.717) is 0 Å². The number of ketones is 1. The van der Waals surface area contributed by atoms with Gasteiger partial charge in [-0.05, 0) is 35.9 Å². The normalized spacial score (nSPS) is 12.4. The fraction of sp³-hybridized carbons (Fsp3) is 0.310. The number of nitrogens with zero attached hydrogens (tertiary/aromatic N) is 1. The van der Waals surface area contributed by atoms with Crippen LogP contribution in [0.3, 0.4) is 0 Å². The molecule has 34 heavy (non-hydrogen) atoms. The van der Waals surface area contributed by atoms with Crippen molar-refractivity contribution in [2.75, 3.05) is 0 Å². The third kappa shape index (κ3) is 6.22. The van der Waals surface area contributed by atoms with Crippen molar-refractivity contribution < 1.29 is 34.7 Å². The molecule has 0 fully saturated rings. The second-order valence-electron chi connectivity index (χ2n) is 10.3. The van der Waals surface area contributed by atoms with Crippen LogP contribution in [0.5, 0.6) is 11.5 Å². The summed E-state index contributed by atoms with van der Waals surface area (Å²) in [6, 6.07) is 19.2. The smallest absolute Gasteiger partial charge is 0.164 e. The van der Waals surface area contributed by atoms with Crippen LogP contribution in [0.15, 0.2) is 66.6 Å². The molecule has 0 amide bonds. The summed E-state index contributed by atoms with van der Waals surface area (Å²) >= 11 is 0. The first-order valence-electron chi connectivity index (χ1n) is 11.1. The molecule has 181 valence electrons. The Bertz CT molecular complexity index is 1200. The van der Waals surface area contributed by atoms with E-state index in [1.807, 2.05) is 90.2 Å². The summed E-state index contributed by atoms with van der Waals surface area (Å²) in [5, 5.41) is 9.56. The van der Waals surface area contributed by atoms with Gasteiger partial charge in [0.1, 0.15) is 11.5 Å². The number of ether oxygens (including phenoxy) is 1. The Morgan fingerprint density at radius 2 is 1.62 bits per heavy atom. The van der Waals surface area contributed by atoms with Gasteiger partial charge < -0.3 is 14.8 Å². The Morgan fingerprint density at radius 3 is 2.26 bits per heavy atom. The topological polar surface area (TPSA) is 59.4 Å². The maximum Gasteiger partial charge on any atom is 0.164 e. The van der Waals surface area contributed by atoms with Crippen molar-refractivity contribution in [1.29, 1.82) is 0 Å². The number of hydrogen-bond acceptors (Lipinski definition) is 4. The number of aliphatic hydroxyl groups excluding tert-OH is 1. The molecule has 1 N–H and O–H groups in total. The van der Waals surface area contributed by atoms with Gasteiger partial charge in [0, 0.05) is 54.5 Å². The van der Waals surface area contributed by atoms with E-state index < -0.39 is 5.41 Å². The maximum atomic E-state index is 11.5. The largest absolute Gasteiger partial charge is 0.512 e. The van der Waals surface area contributed by atoms with Crippen LogP contribution in [0.1, 0.15) is 47.1 Å². The van der Waals surface area contributed by atoms with E-state index in [2.05, 4.69) is 24.0 Å². The van der Waals surface area contributed by atoms with E-state index in [4.69, 9.17) is 4.74 Å². The van der Waals surface area contributed by atoms with Crippen molar-refractivity contribution in [2.24, 2.45) is 10.8 Å². The standard InChI is InChI=1S/C18H12NO.C11H20O2.Ir/c1-12-10-11-19-18-14-7-3-5-9-16(14)20-15-8-4-2-6-13(15)17(12)18;1-10(2,3)8(12)7-9(13)11(4,5)6;/h2-6,8-11H,1H3;7,12H,1-6H3;/q-1;;. The number of rotatable bonds is 1. The van der Waals surface area contributed by atoms with Crippen molar-refractivity contribution in [3.05, 3.63) is 78.2 Å². The third-order valence-electron chi connectivity index (χ3n) is 5.37. The molecule has 0 saturated carbocycles. The zero-order valence-corrected chi connectivity index (χ0v) is 23.2. The molecule has 2 heterocycles. The molecule has 4 nitrogen and oxygen atoms in total. The molecule has 5 heteroatoms. The van der Waals surface area contributed by atoms with Gasteiger partial charge in [0.15, 0.2) is 5.78 Å². The van der Waals surface area contributed by atoms with Crippen molar-refractivity contribution in [3.8, 4) is 33.9 Å². The fourth-order valence-electron chi connectivity index (χ4n) is 3.22. The first kappa shape index (κ1) is 27.5. The summed E-state index contributed by atoms with van der Waals surface area (Å²) in [5.41, 5.74) is 4.49. The van der Waals surface area contributed by atoms with Crippen LogP contribution in [0.2, 0.25) is 0 Å². The Balaban J connectivity index is 0.000000258. The van der Waals surface area contributed by atoms with Crippen molar-refractivity contribution in [2.45, 2.75) is 48.5 Å². The molecule has 2 aromatic carbocycles. The summed E-state index contributed by atoms with van der Waals surface area (Å²) in [4.78, 5) is 16.1. The van der Waals surface area contributed by atoms with Gasteiger partial charge in [-0.3, -0.25) is 4.79 Å². The number of fused-ring (bicyclic) bond motifs is 5. The zero-order chi connectivity index (χ0) is 24.4. The molecule has 1 radical (unpaired) electrons. The van der Waals surface area contributed by atoms with Gasteiger partial charge >= 0.3 is 0 Å². The van der Waals surface area contributed by atoms with Crippen LogP contribution in [0.25, 0.3) is 22.4 Å². The molecule has 0 spiro atoms. The van der Waals surface area contributed by atoms with Gasteiger partial charge in [0.25, 0.3) is 0 Å². The number of para-hydroxylation sites is 1. The number of aryl methyl sites for hydroxylation is 1. The second kappa shape index (κ2) is 10.7. The summed E-state index contributed by atoms with van der Waals surface area (Å²) < 4.78 is 6.07. The number of allylic oxidation sites excluding steroid dienone is 2. The number of aromatic nitrogens is 1. The predicted octanol–water partition coefficient (Wildman–Crippen LogP) is 7.72. The van der Waals surface area contributed by atoms with Crippen molar-refractivity contribution >= 4 is 5.78 Å². The minimum absolute atomic E-state index is 0. The number of hydrogen-bond donors (Lipinski definition) is 1. The number of carbonyl (C=O) groups is 1. The first-order valence-corrected chi connectivity index (χ1v) is 11.1. The van der Waals surface area contributed by atoms with Crippen LogP contribution in [-0.4, -0.2) is 15.9 Å². The van der Waals surface area contributed by atoms with E-state index in [1.165, 1.54) is 11.6 Å². The molecule has 0 atom stereocenters. The molecule has 3 aromatic rings. The molecule has 0 bridgehead atoms. The fourth-order valence-corrected chi connectivity index (χ4v) is 3.22. The summed E-state index contributed by atoms with van der Waals surface area (Å²) in [6.07, 6.45) is 3.17. The molecule has 1 aliphatic rings. The van der Waals surface area contributed by atoms with Crippen LogP contribution >= 0.6 is 0 Å². The number of carbonyl (C=O) groups excluding carboxylic acids is 1. The van der Waals surface area contributed by atoms with Crippen LogP contribution < -0.4 is 4.74 Å². The van der Waals surface area contributed by atoms with Gasteiger partial charge in [-0.15, -0.1) is 24.3 Å². The van der Waals surface area contributed by atoms with Crippen LogP contribution in [0, 0.1) is 23.8 Å². The van der Waals surface area contributed by atoms with E-state index >= 15 is 0 Å². The Hall–Kier alpha value is -2.75. The van der Waals surface area contributed by atoms with E-state index in [1.54, 1.807) is 0 Å². The van der Waals surface area contributed by atoms with E-state index in [-0.39, 0.29) is 37.1 Å². The van der Waals surface area contributed by atoms with E-state index in [9.17, 15) is 9.90 Å². The number of pyridine rings is 1. The van der Waals surface area contributed by atoms with E-state index in [0.717, 1.165) is 33.9 Å². The summed E-state index contributed by atoms with van der Waals surface area (Å²) in [6.45, 7) is 13.2. The SMILES string of the molecule is CC(C)(C)C(=O)C=C(O)C(C)(C)C.Cc1ccnc2c1-c1ccccc1Oc1ccc[c-]c1-2.[Ir]. The Labute approximate surface area is 216 Å². The van der Waals surface area contributed by atoms with Crippen LogP contribution in [-0.2, 0) is 24.9 Å². The molecule has 0 unspecified atom stereocenters. The molecular weight excluding hydrogens is 603 g/mol. The van der Waals surface area contributed by atoms with Crippen molar-refractivity contribution in [3.63, 3.8) is 0 Å². The summed E-state index contributed by atoms with van der Waals surface area (Å²) in [7, 11) is 0. The zero-order valence-electron chi connectivity index (χ0n) is 20.8. The first-order chi connectivity index (χ1) is 15.4. The van der Waals surface area contributed by atoms with Crippen LogP contribution in [0.4, 0.5) is 0 Å². The molecular formula is C29H32IrNO3-. The maximum absolute atomic E-state index is 11.5. The minimum Gasteiger partial charge on any atom is -0.512 e. The summed E-state index contributed by atoms with van der Waals surface area (Å²) in [5.74, 6) is 1.77. The van der Waals surface area contributed by atoms with Gasteiger partial charge in [0.2, 0.25) is 0 Å². The quantitative estimate of drug-likeness (QED) is 0.132. The molecule has 0 aliphatic carbocycles. The van der Waals surface area contributed by atoms with Gasteiger partial charge in [-0.2, -0.15) is 0 Å². The van der Waals surface area contributed by atoms with Gasteiger partial charge in [-0.1, -0.05) is 65.3 Å². The second-order valence-corrected chi connectivity index (χ2v) is 10.3. The Kier molecular flexibility index (Phi) is 8.63. The monoisotopic (exact) mass is 635 g/mol.